The van der Waals surface area contributed by atoms with Crippen LogP contribution in [0.1, 0.15) is 24.0 Å². The number of Topliss-reactive ketones (excluding diaryl/α,β-unsaturated/α-hetero) is 1. The van der Waals surface area contributed by atoms with Crippen molar-refractivity contribution in [3.8, 4) is 5.75 Å². The summed E-state index contributed by atoms with van der Waals surface area (Å²) in [4.78, 5) is 23.0. The molecule has 5 nitrogen and oxygen atoms in total. The van der Waals surface area contributed by atoms with Crippen molar-refractivity contribution >= 4 is 23.6 Å². The average Bonchev–Trinajstić information content (AvgIpc) is 2.96. The van der Waals surface area contributed by atoms with Gasteiger partial charge in [0.15, 0.2) is 5.78 Å². The molecule has 0 N–H and O–H groups in total. The fourth-order valence-corrected chi connectivity index (χ4v) is 2.81. The molecule has 0 bridgehead atoms. The van der Waals surface area contributed by atoms with Gasteiger partial charge in [0.05, 0.1) is 12.0 Å². The number of nitro benzene ring substituents is 1. The van der Waals surface area contributed by atoms with Gasteiger partial charge in [-0.15, -0.1) is 0 Å². The van der Waals surface area contributed by atoms with Crippen molar-refractivity contribution in [2.75, 3.05) is 7.11 Å². The van der Waals surface area contributed by atoms with Crippen molar-refractivity contribution < 1.29 is 14.5 Å². The SMILES string of the molecule is COc1ccc(C=C2CCC(=Cc3cccc([N+](=O)[O-])c3)C2=O)cc1. The number of methoxy groups -OCH3 is 1. The topological polar surface area (TPSA) is 69.4 Å². The Morgan fingerprint density at radius 1 is 1.00 bits per heavy atom. The molecule has 2 aromatic carbocycles. The summed E-state index contributed by atoms with van der Waals surface area (Å²) in [5.41, 5.74) is 3.07. The van der Waals surface area contributed by atoms with Crippen LogP contribution in [-0.4, -0.2) is 17.8 Å². The number of rotatable bonds is 4. The number of hydrogen-bond donors (Lipinski definition) is 0. The minimum atomic E-state index is -0.437. The number of allylic oxidation sites excluding steroid dienone is 2. The maximum atomic E-state index is 12.6. The van der Waals surface area contributed by atoms with Crippen molar-refractivity contribution in [1.29, 1.82) is 0 Å². The Bertz CT molecular complexity index is 879. The molecule has 0 aliphatic heterocycles. The molecule has 126 valence electrons. The van der Waals surface area contributed by atoms with Crippen LogP contribution in [0.2, 0.25) is 0 Å². The van der Waals surface area contributed by atoms with E-state index in [4.69, 9.17) is 4.74 Å². The highest BCUT2D eigenvalue weighted by atomic mass is 16.6. The Morgan fingerprint density at radius 2 is 1.64 bits per heavy atom. The van der Waals surface area contributed by atoms with Gasteiger partial charge in [0.2, 0.25) is 0 Å². The molecular weight excluding hydrogens is 318 g/mol. The quantitative estimate of drug-likeness (QED) is 0.471. The summed E-state index contributed by atoms with van der Waals surface area (Å²) in [6.07, 6.45) is 4.94. The molecule has 1 aliphatic carbocycles. The maximum Gasteiger partial charge on any atom is 0.270 e. The summed E-state index contributed by atoms with van der Waals surface area (Å²) in [5.74, 6) is 0.772. The number of nitrogens with zero attached hydrogens (tertiary/aromatic N) is 1. The van der Waals surface area contributed by atoms with E-state index >= 15 is 0 Å². The highest BCUT2D eigenvalue weighted by molar-refractivity contribution is 6.15. The van der Waals surface area contributed by atoms with Crippen LogP contribution in [0.5, 0.6) is 5.75 Å². The molecule has 25 heavy (non-hydrogen) atoms. The van der Waals surface area contributed by atoms with Gasteiger partial charge in [0.1, 0.15) is 5.75 Å². The zero-order valence-electron chi connectivity index (χ0n) is 13.8. The van der Waals surface area contributed by atoms with Gasteiger partial charge < -0.3 is 4.74 Å². The third kappa shape index (κ3) is 3.83. The monoisotopic (exact) mass is 335 g/mol. The van der Waals surface area contributed by atoms with Crippen molar-refractivity contribution in [2.45, 2.75) is 12.8 Å². The van der Waals surface area contributed by atoms with Crippen LogP contribution >= 0.6 is 0 Å². The predicted octanol–water partition coefficient (Wildman–Crippen LogP) is 4.43. The molecule has 0 atom stereocenters. The number of benzene rings is 2. The van der Waals surface area contributed by atoms with Crippen LogP contribution in [-0.2, 0) is 4.79 Å². The first-order chi connectivity index (χ1) is 12.1. The number of ether oxygens (including phenoxy) is 1. The van der Waals surface area contributed by atoms with E-state index in [-0.39, 0.29) is 11.5 Å². The molecule has 1 fully saturated rings. The van der Waals surface area contributed by atoms with Gasteiger partial charge >= 0.3 is 0 Å². The molecule has 0 saturated heterocycles. The van der Waals surface area contributed by atoms with Crippen molar-refractivity contribution in [3.05, 3.63) is 80.9 Å². The molecule has 2 aromatic rings. The van der Waals surface area contributed by atoms with Crippen molar-refractivity contribution in [3.63, 3.8) is 0 Å². The lowest BCUT2D eigenvalue weighted by molar-refractivity contribution is -0.384. The van der Waals surface area contributed by atoms with Crippen LogP contribution in [0, 0.1) is 10.1 Å². The molecule has 0 unspecified atom stereocenters. The first kappa shape index (κ1) is 16.6. The fraction of sp³-hybridized carbons (Fsp3) is 0.150. The van der Waals surface area contributed by atoms with E-state index in [0.717, 1.165) is 16.9 Å². The molecule has 1 saturated carbocycles. The van der Waals surface area contributed by atoms with E-state index in [1.165, 1.54) is 12.1 Å². The van der Waals surface area contributed by atoms with Crippen LogP contribution in [0.4, 0.5) is 5.69 Å². The molecule has 1 aliphatic rings. The summed E-state index contributed by atoms with van der Waals surface area (Å²) in [6, 6.07) is 13.8. The van der Waals surface area contributed by atoms with Gasteiger partial charge in [-0.05, 0) is 48.3 Å². The summed E-state index contributed by atoms with van der Waals surface area (Å²) < 4.78 is 5.13. The van der Waals surface area contributed by atoms with E-state index < -0.39 is 4.92 Å². The van der Waals surface area contributed by atoms with Crippen molar-refractivity contribution in [2.24, 2.45) is 0 Å². The highest BCUT2D eigenvalue weighted by Crippen LogP contribution is 2.30. The Kier molecular flexibility index (Phi) is 4.75. The first-order valence-electron chi connectivity index (χ1n) is 7.91. The van der Waals surface area contributed by atoms with Crippen LogP contribution in [0.15, 0.2) is 59.7 Å². The van der Waals surface area contributed by atoms with Gasteiger partial charge in [-0.2, -0.15) is 0 Å². The van der Waals surface area contributed by atoms with Crippen LogP contribution in [0.25, 0.3) is 12.2 Å². The largest absolute Gasteiger partial charge is 0.497 e. The molecule has 0 radical (unpaired) electrons. The molecule has 0 heterocycles. The maximum absolute atomic E-state index is 12.6. The summed E-state index contributed by atoms with van der Waals surface area (Å²) in [5, 5.41) is 10.9. The van der Waals surface area contributed by atoms with E-state index in [1.54, 1.807) is 25.3 Å². The number of hydrogen-bond acceptors (Lipinski definition) is 4. The minimum Gasteiger partial charge on any atom is -0.497 e. The second-order valence-corrected chi connectivity index (χ2v) is 5.79. The molecular formula is C20H17NO4. The second-order valence-electron chi connectivity index (χ2n) is 5.79. The molecule has 0 spiro atoms. The smallest absolute Gasteiger partial charge is 0.270 e. The Hall–Kier alpha value is -3.21. The predicted molar refractivity (Wildman–Crippen MR) is 96.3 cm³/mol. The number of non-ortho nitro benzene ring substituents is 1. The number of carbonyl (C=O) groups excluding carboxylic acids is 1. The molecule has 5 heteroatoms. The highest BCUT2D eigenvalue weighted by Gasteiger charge is 2.23. The van der Waals surface area contributed by atoms with Crippen LogP contribution < -0.4 is 4.74 Å². The minimum absolute atomic E-state index is 0.00215. The van der Waals surface area contributed by atoms with E-state index in [2.05, 4.69) is 0 Å². The van der Waals surface area contributed by atoms with Gasteiger partial charge in [-0.3, -0.25) is 14.9 Å². The third-order valence-electron chi connectivity index (χ3n) is 4.13. The average molecular weight is 335 g/mol. The number of nitro groups is 1. The lowest BCUT2D eigenvalue weighted by atomic mass is 10.1. The fourth-order valence-electron chi connectivity index (χ4n) is 2.81. The summed E-state index contributed by atoms with van der Waals surface area (Å²) >= 11 is 0. The zero-order chi connectivity index (χ0) is 17.8. The van der Waals surface area contributed by atoms with Gasteiger partial charge in [0, 0.05) is 23.3 Å². The second kappa shape index (κ2) is 7.13. The molecule has 0 amide bonds. The standard InChI is InChI=1S/C20H17NO4/c1-25-19-9-5-14(6-10-19)11-16-7-8-17(20(16)22)12-15-3-2-4-18(13-15)21(23)24/h2-6,9-13H,7-8H2,1H3. The first-order valence-corrected chi connectivity index (χ1v) is 7.91. The lowest BCUT2D eigenvalue weighted by Crippen LogP contribution is -1.96. The third-order valence-corrected chi connectivity index (χ3v) is 4.13. The Morgan fingerprint density at radius 3 is 2.24 bits per heavy atom. The summed E-state index contributed by atoms with van der Waals surface area (Å²) in [6.45, 7) is 0. The lowest BCUT2D eigenvalue weighted by Gasteiger charge is -2.00. The summed E-state index contributed by atoms with van der Waals surface area (Å²) in [7, 11) is 1.61. The van der Waals surface area contributed by atoms with E-state index in [9.17, 15) is 14.9 Å². The van der Waals surface area contributed by atoms with Gasteiger partial charge in [-0.25, -0.2) is 0 Å². The molecule has 3 rings (SSSR count). The van der Waals surface area contributed by atoms with E-state index in [0.29, 0.717) is 24.0 Å². The normalized spacial score (nSPS) is 17.2. The molecule has 0 aromatic heterocycles. The van der Waals surface area contributed by atoms with Crippen molar-refractivity contribution in [1.82, 2.24) is 0 Å². The number of ketones is 1. The zero-order valence-corrected chi connectivity index (χ0v) is 13.8. The van der Waals surface area contributed by atoms with Gasteiger partial charge in [-0.1, -0.05) is 24.3 Å². The Balaban J connectivity index is 1.82. The number of carbonyl (C=O) groups is 1. The Labute approximate surface area is 145 Å². The van der Waals surface area contributed by atoms with Gasteiger partial charge in [0.25, 0.3) is 5.69 Å². The van der Waals surface area contributed by atoms with E-state index in [1.807, 2.05) is 30.3 Å². The van der Waals surface area contributed by atoms with Crippen LogP contribution in [0.3, 0.4) is 0 Å².